The molecule has 3 rings (SSSR count). The second-order valence-corrected chi connectivity index (χ2v) is 6.28. The van der Waals surface area contributed by atoms with E-state index < -0.39 is 18.1 Å². The molecular weight excluding hydrogens is 246 g/mol. The van der Waals surface area contributed by atoms with Crippen LogP contribution in [-0.2, 0) is 9.59 Å². The van der Waals surface area contributed by atoms with Crippen LogP contribution in [0, 0.1) is 17.8 Å². The average Bonchev–Trinajstić information content (AvgIpc) is 3.07. The van der Waals surface area contributed by atoms with Crippen molar-refractivity contribution in [1.29, 1.82) is 0 Å². The Morgan fingerprint density at radius 3 is 2.47 bits per heavy atom. The quantitative estimate of drug-likeness (QED) is 0.795. The second kappa shape index (κ2) is 4.78. The molecule has 0 aromatic heterocycles. The summed E-state index contributed by atoms with van der Waals surface area (Å²) in [4.78, 5) is 25.0. The molecule has 3 fully saturated rings. The van der Waals surface area contributed by atoms with E-state index in [0.29, 0.717) is 12.5 Å². The number of hydrogen-bond donors (Lipinski definition) is 2. The number of hydrogen-bond acceptors (Lipinski definition) is 3. The van der Waals surface area contributed by atoms with Crippen molar-refractivity contribution in [2.45, 2.75) is 50.7 Å². The number of carboxylic acid groups (broad SMARTS) is 1. The minimum absolute atomic E-state index is 0.0209. The predicted molar refractivity (Wildman–Crippen MR) is 67.3 cm³/mol. The zero-order valence-electron chi connectivity index (χ0n) is 11.0. The Balaban J connectivity index is 1.67. The molecule has 2 N–H and O–H groups in total. The van der Waals surface area contributed by atoms with Gasteiger partial charge in [0.1, 0.15) is 12.1 Å². The van der Waals surface area contributed by atoms with Crippen LogP contribution < -0.4 is 0 Å². The third-order valence-corrected chi connectivity index (χ3v) is 5.04. The number of carboxylic acids is 1. The molecule has 19 heavy (non-hydrogen) atoms. The first-order valence-electron chi connectivity index (χ1n) is 7.31. The van der Waals surface area contributed by atoms with Crippen molar-refractivity contribution in [3.05, 3.63) is 0 Å². The van der Waals surface area contributed by atoms with Crippen LogP contribution in [0.4, 0.5) is 0 Å². The molecule has 1 aliphatic heterocycles. The van der Waals surface area contributed by atoms with E-state index in [-0.39, 0.29) is 17.7 Å². The van der Waals surface area contributed by atoms with Gasteiger partial charge < -0.3 is 15.1 Å². The predicted octanol–water partition coefficient (Wildman–Crippen LogP) is 0.859. The smallest absolute Gasteiger partial charge is 0.326 e. The minimum Gasteiger partial charge on any atom is -0.480 e. The fourth-order valence-electron chi connectivity index (χ4n) is 3.83. The van der Waals surface area contributed by atoms with Gasteiger partial charge in [0.05, 0.1) is 0 Å². The molecule has 0 spiro atoms. The van der Waals surface area contributed by atoms with E-state index in [2.05, 4.69) is 0 Å². The number of carbonyl (C=O) groups excluding carboxylic acids is 1. The van der Waals surface area contributed by atoms with Crippen molar-refractivity contribution in [2.24, 2.45) is 17.8 Å². The zero-order valence-corrected chi connectivity index (χ0v) is 11.0. The molecule has 0 radical (unpaired) electrons. The normalized spacial score (nSPS) is 35.8. The highest BCUT2D eigenvalue weighted by atomic mass is 16.4. The Bertz CT molecular complexity index is 391. The lowest BCUT2D eigenvalue weighted by molar-refractivity contribution is -0.155. The molecular formula is C14H21NO4. The van der Waals surface area contributed by atoms with Gasteiger partial charge in [-0.1, -0.05) is 19.3 Å². The lowest BCUT2D eigenvalue weighted by atomic mass is 9.84. The highest BCUT2D eigenvalue weighted by Gasteiger charge is 2.57. The van der Waals surface area contributed by atoms with Gasteiger partial charge in [0.15, 0.2) is 0 Å². The van der Waals surface area contributed by atoms with E-state index >= 15 is 0 Å². The molecule has 3 aliphatic rings. The Hall–Kier alpha value is -1.10. The molecule has 0 bridgehead atoms. The third-order valence-electron chi connectivity index (χ3n) is 5.04. The summed E-state index contributed by atoms with van der Waals surface area (Å²) in [5, 5.41) is 19.5. The minimum atomic E-state index is -1.00. The third kappa shape index (κ3) is 2.24. The van der Waals surface area contributed by atoms with E-state index in [1.807, 2.05) is 0 Å². The van der Waals surface area contributed by atoms with Gasteiger partial charge in [-0.25, -0.2) is 4.79 Å². The Morgan fingerprint density at radius 1 is 1.16 bits per heavy atom. The summed E-state index contributed by atoms with van der Waals surface area (Å²) in [6, 6.07) is -0.698. The van der Waals surface area contributed by atoms with Crippen LogP contribution in [0.25, 0.3) is 0 Å². The number of amides is 1. The van der Waals surface area contributed by atoms with E-state index in [0.717, 1.165) is 32.1 Å². The van der Waals surface area contributed by atoms with Gasteiger partial charge in [-0.05, 0) is 37.0 Å². The lowest BCUT2D eigenvalue weighted by Crippen LogP contribution is -2.49. The van der Waals surface area contributed by atoms with Crippen LogP contribution in [0.5, 0.6) is 0 Å². The van der Waals surface area contributed by atoms with Gasteiger partial charge >= 0.3 is 5.97 Å². The van der Waals surface area contributed by atoms with Crippen LogP contribution in [0.3, 0.4) is 0 Å². The van der Waals surface area contributed by atoms with E-state index in [1.165, 1.54) is 11.3 Å². The number of nitrogens with zero attached hydrogens (tertiary/aromatic N) is 1. The summed E-state index contributed by atoms with van der Waals surface area (Å²) in [5.41, 5.74) is 0. The van der Waals surface area contributed by atoms with E-state index in [4.69, 9.17) is 0 Å². The molecule has 0 aromatic carbocycles. The molecule has 1 amide bonds. The number of likely N-dealkylation sites (tertiary alicyclic amines) is 1. The first-order valence-corrected chi connectivity index (χ1v) is 7.31. The number of aliphatic carboxylic acids is 1. The van der Waals surface area contributed by atoms with Crippen molar-refractivity contribution >= 4 is 11.9 Å². The summed E-state index contributed by atoms with van der Waals surface area (Å²) in [6.07, 6.45) is 4.96. The van der Waals surface area contributed by atoms with Crippen molar-refractivity contribution in [2.75, 3.05) is 6.54 Å². The van der Waals surface area contributed by atoms with Crippen LogP contribution in [0.1, 0.15) is 38.5 Å². The summed E-state index contributed by atoms with van der Waals surface area (Å²) >= 11 is 0. The maximum absolute atomic E-state index is 12.3. The summed E-state index contributed by atoms with van der Waals surface area (Å²) in [6.45, 7) is 0.518. The first-order chi connectivity index (χ1) is 9.09. The Kier molecular flexibility index (Phi) is 3.25. The summed E-state index contributed by atoms with van der Waals surface area (Å²) in [7, 11) is 0. The number of aliphatic hydroxyl groups is 1. The van der Waals surface area contributed by atoms with Crippen LogP contribution in [0.2, 0.25) is 0 Å². The van der Waals surface area contributed by atoms with Gasteiger partial charge in [-0.2, -0.15) is 0 Å². The maximum Gasteiger partial charge on any atom is 0.326 e. The SMILES string of the molecule is O=C(O)[C@@H]1[C@H]2C[C@H]2CN1C(=O)[C@H](O)C1CCCCC1. The zero-order chi connectivity index (χ0) is 13.6. The number of carbonyl (C=O) groups is 2. The molecule has 2 aliphatic carbocycles. The van der Waals surface area contributed by atoms with Crippen LogP contribution in [-0.4, -0.2) is 45.7 Å². The first kappa shape index (κ1) is 12.9. The van der Waals surface area contributed by atoms with E-state index in [9.17, 15) is 19.8 Å². The molecule has 1 heterocycles. The van der Waals surface area contributed by atoms with Gasteiger partial charge in [0.2, 0.25) is 0 Å². The Morgan fingerprint density at radius 2 is 1.84 bits per heavy atom. The summed E-state index contributed by atoms with van der Waals surface area (Å²) in [5.74, 6) is -0.781. The second-order valence-electron chi connectivity index (χ2n) is 6.28. The van der Waals surface area contributed by atoms with Crippen molar-refractivity contribution in [1.82, 2.24) is 4.90 Å². The molecule has 2 saturated carbocycles. The van der Waals surface area contributed by atoms with Crippen LogP contribution in [0.15, 0.2) is 0 Å². The lowest BCUT2D eigenvalue weighted by Gasteiger charge is -2.31. The highest BCUT2D eigenvalue weighted by molar-refractivity contribution is 5.88. The van der Waals surface area contributed by atoms with Gasteiger partial charge in [-0.3, -0.25) is 4.79 Å². The summed E-state index contributed by atoms with van der Waals surface area (Å²) < 4.78 is 0. The van der Waals surface area contributed by atoms with Crippen LogP contribution >= 0.6 is 0 Å². The molecule has 5 heteroatoms. The Labute approximate surface area is 112 Å². The van der Waals surface area contributed by atoms with Gasteiger partial charge in [0.25, 0.3) is 5.91 Å². The number of fused-ring (bicyclic) bond motifs is 1. The maximum atomic E-state index is 12.3. The van der Waals surface area contributed by atoms with Gasteiger partial charge in [-0.15, -0.1) is 0 Å². The number of rotatable bonds is 3. The highest BCUT2D eigenvalue weighted by Crippen LogP contribution is 2.50. The average molecular weight is 267 g/mol. The standard InChI is InChI=1S/C14H21NO4/c16-12(8-4-2-1-3-5-8)13(17)15-7-9-6-10(9)11(15)14(18)19/h8-12,16H,1-7H2,(H,18,19)/t9-,10-,11-,12+/m0/s1. The topological polar surface area (TPSA) is 77.8 Å². The fourth-order valence-corrected chi connectivity index (χ4v) is 3.83. The van der Waals surface area contributed by atoms with Crippen molar-refractivity contribution in [3.8, 4) is 0 Å². The number of aliphatic hydroxyl groups excluding tert-OH is 1. The molecule has 4 atom stereocenters. The molecule has 1 saturated heterocycles. The van der Waals surface area contributed by atoms with E-state index in [1.54, 1.807) is 0 Å². The van der Waals surface area contributed by atoms with Crippen molar-refractivity contribution in [3.63, 3.8) is 0 Å². The fraction of sp³-hybridized carbons (Fsp3) is 0.857. The molecule has 106 valence electrons. The monoisotopic (exact) mass is 267 g/mol. The molecule has 0 aromatic rings. The molecule has 0 unspecified atom stereocenters. The number of piperidine rings is 1. The van der Waals surface area contributed by atoms with Crippen molar-refractivity contribution < 1.29 is 19.8 Å². The van der Waals surface area contributed by atoms with Gasteiger partial charge in [0, 0.05) is 6.54 Å². The molecule has 5 nitrogen and oxygen atoms in total. The largest absolute Gasteiger partial charge is 0.480 e.